The van der Waals surface area contributed by atoms with Crippen LogP contribution < -0.4 is 5.32 Å². The summed E-state index contributed by atoms with van der Waals surface area (Å²) in [6, 6.07) is 0.734. The fourth-order valence-corrected chi connectivity index (χ4v) is 2.26. The standard InChI is InChI=1S/C12H25NO/c1-3-14-10-9-13-12-8-6-4-5-7-11(12)2/h11-13H,3-10H2,1-2H3. The van der Waals surface area contributed by atoms with Gasteiger partial charge in [0.25, 0.3) is 0 Å². The molecule has 0 aromatic heterocycles. The highest BCUT2D eigenvalue weighted by Crippen LogP contribution is 2.22. The molecule has 0 heterocycles. The monoisotopic (exact) mass is 199 g/mol. The van der Waals surface area contributed by atoms with Crippen molar-refractivity contribution in [1.82, 2.24) is 5.32 Å². The molecule has 84 valence electrons. The number of rotatable bonds is 5. The molecule has 1 N–H and O–H groups in total. The molecule has 0 amide bonds. The van der Waals surface area contributed by atoms with E-state index in [1.165, 1.54) is 32.1 Å². The van der Waals surface area contributed by atoms with Crippen LogP contribution in [0.2, 0.25) is 0 Å². The third-order valence-electron chi connectivity index (χ3n) is 3.22. The van der Waals surface area contributed by atoms with E-state index >= 15 is 0 Å². The molecule has 1 fully saturated rings. The van der Waals surface area contributed by atoms with E-state index in [9.17, 15) is 0 Å². The van der Waals surface area contributed by atoms with Gasteiger partial charge in [0, 0.05) is 19.2 Å². The highest BCUT2D eigenvalue weighted by atomic mass is 16.5. The minimum absolute atomic E-state index is 0.734. The maximum Gasteiger partial charge on any atom is 0.0590 e. The van der Waals surface area contributed by atoms with Gasteiger partial charge in [-0.25, -0.2) is 0 Å². The molecule has 14 heavy (non-hydrogen) atoms. The molecule has 1 aliphatic carbocycles. The minimum Gasteiger partial charge on any atom is -0.380 e. The Balaban J connectivity index is 2.13. The molecule has 1 rings (SSSR count). The fraction of sp³-hybridized carbons (Fsp3) is 1.00. The summed E-state index contributed by atoms with van der Waals surface area (Å²) in [6.45, 7) is 7.14. The summed E-state index contributed by atoms with van der Waals surface area (Å²) in [5, 5.41) is 3.62. The lowest BCUT2D eigenvalue weighted by Crippen LogP contribution is -2.36. The predicted octanol–water partition coefficient (Wildman–Crippen LogP) is 2.58. The van der Waals surface area contributed by atoms with Gasteiger partial charge < -0.3 is 10.1 Å². The van der Waals surface area contributed by atoms with Gasteiger partial charge in [-0.3, -0.25) is 0 Å². The van der Waals surface area contributed by atoms with Crippen molar-refractivity contribution in [3.63, 3.8) is 0 Å². The summed E-state index contributed by atoms with van der Waals surface area (Å²) in [5.41, 5.74) is 0. The molecule has 0 aromatic rings. The third-order valence-corrected chi connectivity index (χ3v) is 3.22. The van der Waals surface area contributed by atoms with E-state index in [2.05, 4.69) is 12.2 Å². The molecule has 1 saturated carbocycles. The molecule has 2 heteroatoms. The first-order chi connectivity index (χ1) is 6.84. The summed E-state index contributed by atoms with van der Waals surface area (Å²) in [4.78, 5) is 0. The number of hydrogen-bond donors (Lipinski definition) is 1. The lowest BCUT2D eigenvalue weighted by atomic mass is 9.97. The molecular weight excluding hydrogens is 174 g/mol. The third kappa shape index (κ3) is 4.43. The van der Waals surface area contributed by atoms with Gasteiger partial charge in [0.05, 0.1) is 6.61 Å². The lowest BCUT2D eigenvalue weighted by molar-refractivity contribution is 0.144. The van der Waals surface area contributed by atoms with Crippen LogP contribution in [0.25, 0.3) is 0 Å². The fourth-order valence-electron chi connectivity index (χ4n) is 2.26. The zero-order chi connectivity index (χ0) is 10.2. The smallest absolute Gasteiger partial charge is 0.0590 e. The molecule has 2 atom stereocenters. The van der Waals surface area contributed by atoms with Crippen molar-refractivity contribution in [3.05, 3.63) is 0 Å². The number of ether oxygens (including phenoxy) is 1. The average Bonchev–Trinajstić information content (AvgIpc) is 2.39. The van der Waals surface area contributed by atoms with Crippen LogP contribution in [0.15, 0.2) is 0 Å². The molecule has 2 nitrogen and oxygen atoms in total. The second kappa shape index (κ2) is 7.24. The quantitative estimate of drug-likeness (QED) is 0.543. The van der Waals surface area contributed by atoms with Crippen LogP contribution >= 0.6 is 0 Å². The molecule has 0 radical (unpaired) electrons. The van der Waals surface area contributed by atoms with E-state index in [1.807, 2.05) is 6.92 Å². The van der Waals surface area contributed by atoms with E-state index in [-0.39, 0.29) is 0 Å². The van der Waals surface area contributed by atoms with Gasteiger partial charge in [-0.05, 0) is 25.7 Å². The van der Waals surface area contributed by atoms with Crippen LogP contribution in [-0.2, 0) is 4.74 Å². The zero-order valence-electron chi connectivity index (χ0n) is 9.72. The first-order valence-electron chi connectivity index (χ1n) is 6.15. The maximum atomic E-state index is 5.33. The van der Waals surface area contributed by atoms with Crippen LogP contribution in [0.5, 0.6) is 0 Å². The predicted molar refractivity (Wildman–Crippen MR) is 60.5 cm³/mol. The van der Waals surface area contributed by atoms with Crippen LogP contribution in [-0.4, -0.2) is 25.8 Å². The lowest BCUT2D eigenvalue weighted by Gasteiger charge is -2.22. The number of hydrogen-bond acceptors (Lipinski definition) is 2. The van der Waals surface area contributed by atoms with Crippen molar-refractivity contribution in [1.29, 1.82) is 0 Å². The van der Waals surface area contributed by atoms with E-state index in [1.54, 1.807) is 0 Å². The number of nitrogens with one attached hydrogen (secondary N) is 1. The van der Waals surface area contributed by atoms with Gasteiger partial charge >= 0.3 is 0 Å². The Morgan fingerprint density at radius 3 is 2.79 bits per heavy atom. The normalized spacial score (nSPS) is 28.7. The topological polar surface area (TPSA) is 21.3 Å². The van der Waals surface area contributed by atoms with Crippen molar-refractivity contribution < 1.29 is 4.74 Å². The van der Waals surface area contributed by atoms with Gasteiger partial charge in [0.1, 0.15) is 0 Å². The van der Waals surface area contributed by atoms with Crippen LogP contribution in [0, 0.1) is 5.92 Å². The maximum absolute atomic E-state index is 5.33. The highest BCUT2D eigenvalue weighted by molar-refractivity contribution is 4.76. The summed E-state index contributed by atoms with van der Waals surface area (Å²) < 4.78 is 5.33. The van der Waals surface area contributed by atoms with E-state index in [0.717, 1.165) is 31.7 Å². The summed E-state index contributed by atoms with van der Waals surface area (Å²) in [7, 11) is 0. The Morgan fingerprint density at radius 2 is 2.00 bits per heavy atom. The van der Waals surface area contributed by atoms with Crippen LogP contribution in [0.4, 0.5) is 0 Å². The van der Waals surface area contributed by atoms with E-state index in [0.29, 0.717) is 0 Å². The first kappa shape index (κ1) is 12.0. The van der Waals surface area contributed by atoms with Gasteiger partial charge in [0.2, 0.25) is 0 Å². The largest absolute Gasteiger partial charge is 0.380 e. The zero-order valence-corrected chi connectivity index (χ0v) is 9.72. The summed E-state index contributed by atoms with van der Waals surface area (Å²) in [6.07, 6.45) is 7.00. The molecule has 0 aliphatic heterocycles. The molecule has 0 spiro atoms. The molecule has 0 bridgehead atoms. The van der Waals surface area contributed by atoms with Crippen molar-refractivity contribution in [2.75, 3.05) is 19.8 Å². The summed E-state index contributed by atoms with van der Waals surface area (Å²) in [5.74, 6) is 0.846. The first-order valence-corrected chi connectivity index (χ1v) is 6.15. The van der Waals surface area contributed by atoms with Crippen molar-refractivity contribution in [2.24, 2.45) is 5.92 Å². The van der Waals surface area contributed by atoms with Gasteiger partial charge in [-0.1, -0.05) is 26.2 Å². The van der Waals surface area contributed by atoms with Crippen molar-refractivity contribution in [3.8, 4) is 0 Å². The Hall–Kier alpha value is -0.0800. The highest BCUT2D eigenvalue weighted by Gasteiger charge is 2.18. The average molecular weight is 199 g/mol. The molecule has 2 unspecified atom stereocenters. The van der Waals surface area contributed by atoms with Crippen molar-refractivity contribution in [2.45, 2.75) is 52.0 Å². The van der Waals surface area contributed by atoms with Gasteiger partial charge in [-0.2, -0.15) is 0 Å². The van der Waals surface area contributed by atoms with E-state index in [4.69, 9.17) is 4.74 Å². The van der Waals surface area contributed by atoms with Crippen LogP contribution in [0.1, 0.15) is 46.0 Å². The van der Waals surface area contributed by atoms with E-state index < -0.39 is 0 Å². The summed E-state index contributed by atoms with van der Waals surface area (Å²) >= 11 is 0. The second-order valence-corrected chi connectivity index (χ2v) is 4.37. The molecule has 0 saturated heterocycles. The van der Waals surface area contributed by atoms with Crippen LogP contribution in [0.3, 0.4) is 0 Å². The Kier molecular flexibility index (Phi) is 6.20. The molecule has 0 aromatic carbocycles. The van der Waals surface area contributed by atoms with Gasteiger partial charge in [0.15, 0.2) is 0 Å². The Labute approximate surface area is 88.4 Å². The Morgan fingerprint density at radius 1 is 1.21 bits per heavy atom. The molecular formula is C12H25NO. The minimum atomic E-state index is 0.734. The Bertz CT molecular complexity index is 138. The van der Waals surface area contributed by atoms with Crippen molar-refractivity contribution >= 4 is 0 Å². The SMILES string of the molecule is CCOCCNC1CCCCCC1C. The second-order valence-electron chi connectivity index (χ2n) is 4.37. The molecule has 1 aliphatic rings. The van der Waals surface area contributed by atoms with Gasteiger partial charge in [-0.15, -0.1) is 0 Å².